The SMILES string of the molecule is NC1CCN(CCOc2ccccc2[N+](=O)[O-])CC1. The Labute approximate surface area is 112 Å². The van der Waals surface area contributed by atoms with Gasteiger partial charge < -0.3 is 10.5 Å². The second-order valence-corrected chi connectivity index (χ2v) is 4.75. The number of rotatable bonds is 5. The second kappa shape index (κ2) is 6.49. The summed E-state index contributed by atoms with van der Waals surface area (Å²) in [7, 11) is 0. The molecule has 1 aromatic rings. The van der Waals surface area contributed by atoms with Gasteiger partial charge in [0.15, 0.2) is 5.75 Å². The number of nitrogens with two attached hydrogens (primary N) is 1. The Morgan fingerprint density at radius 2 is 2.05 bits per heavy atom. The van der Waals surface area contributed by atoms with Crippen molar-refractivity contribution in [3.05, 3.63) is 34.4 Å². The molecule has 1 aliphatic heterocycles. The molecule has 0 unspecified atom stereocenters. The minimum atomic E-state index is -0.421. The van der Waals surface area contributed by atoms with Crippen molar-refractivity contribution in [3.8, 4) is 5.75 Å². The minimum Gasteiger partial charge on any atom is -0.485 e. The van der Waals surface area contributed by atoms with Crippen LogP contribution in [-0.2, 0) is 0 Å². The van der Waals surface area contributed by atoms with Crippen LogP contribution in [-0.4, -0.2) is 42.1 Å². The fraction of sp³-hybridized carbons (Fsp3) is 0.538. The average Bonchev–Trinajstić information content (AvgIpc) is 2.41. The van der Waals surface area contributed by atoms with Gasteiger partial charge in [0, 0.05) is 18.7 Å². The zero-order valence-corrected chi connectivity index (χ0v) is 10.8. The zero-order valence-electron chi connectivity index (χ0n) is 10.8. The van der Waals surface area contributed by atoms with E-state index >= 15 is 0 Å². The molecule has 19 heavy (non-hydrogen) atoms. The Bertz CT molecular complexity index is 431. The van der Waals surface area contributed by atoms with E-state index in [4.69, 9.17) is 10.5 Å². The molecule has 0 atom stereocenters. The van der Waals surface area contributed by atoms with Crippen LogP contribution in [0.2, 0.25) is 0 Å². The number of hydrogen-bond donors (Lipinski definition) is 1. The first-order chi connectivity index (χ1) is 9.16. The lowest BCUT2D eigenvalue weighted by Gasteiger charge is -2.29. The van der Waals surface area contributed by atoms with Crippen LogP contribution in [0.3, 0.4) is 0 Å². The van der Waals surface area contributed by atoms with E-state index < -0.39 is 4.92 Å². The van der Waals surface area contributed by atoms with Crippen molar-refractivity contribution in [2.24, 2.45) is 5.73 Å². The zero-order chi connectivity index (χ0) is 13.7. The number of benzene rings is 1. The number of piperidine rings is 1. The summed E-state index contributed by atoms with van der Waals surface area (Å²) in [6.07, 6.45) is 2.01. The van der Waals surface area contributed by atoms with Crippen molar-refractivity contribution in [2.45, 2.75) is 18.9 Å². The Kier molecular flexibility index (Phi) is 4.70. The van der Waals surface area contributed by atoms with Gasteiger partial charge in [-0.15, -0.1) is 0 Å². The third kappa shape index (κ3) is 3.90. The molecule has 0 aliphatic carbocycles. The summed E-state index contributed by atoms with van der Waals surface area (Å²) >= 11 is 0. The number of likely N-dealkylation sites (tertiary alicyclic amines) is 1. The van der Waals surface area contributed by atoms with Gasteiger partial charge >= 0.3 is 5.69 Å². The van der Waals surface area contributed by atoms with Crippen LogP contribution in [0.1, 0.15) is 12.8 Å². The molecule has 104 valence electrons. The molecule has 2 N–H and O–H groups in total. The summed E-state index contributed by atoms with van der Waals surface area (Å²) in [5, 5.41) is 10.8. The summed E-state index contributed by atoms with van der Waals surface area (Å²) in [5.41, 5.74) is 5.85. The number of ether oxygens (including phenoxy) is 1. The van der Waals surface area contributed by atoms with Gasteiger partial charge in [-0.05, 0) is 32.0 Å². The molecular formula is C13H19N3O3. The number of nitro benzene ring substituents is 1. The van der Waals surface area contributed by atoms with Crippen LogP contribution in [0.25, 0.3) is 0 Å². The largest absolute Gasteiger partial charge is 0.485 e. The minimum absolute atomic E-state index is 0.0168. The Balaban J connectivity index is 1.81. The Morgan fingerprint density at radius 1 is 1.37 bits per heavy atom. The first-order valence-corrected chi connectivity index (χ1v) is 6.51. The lowest BCUT2D eigenvalue weighted by molar-refractivity contribution is -0.385. The number of nitrogens with zero attached hydrogens (tertiary/aromatic N) is 2. The first kappa shape index (κ1) is 13.8. The molecule has 1 fully saturated rings. The van der Waals surface area contributed by atoms with E-state index in [0.717, 1.165) is 32.5 Å². The van der Waals surface area contributed by atoms with Crippen molar-refractivity contribution >= 4 is 5.69 Å². The van der Waals surface area contributed by atoms with Gasteiger partial charge in [0.2, 0.25) is 0 Å². The van der Waals surface area contributed by atoms with Crippen LogP contribution in [0.4, 0.5) is 5.69 Å². The fourth-order valence-corrected chi connectivity index (χ4v) is 2.19. The van der Waals surface area contributed by atoms with Crippen LogP contribution >= 0.6 is 0 Å². The fourth-order valence-electron chi connectivity index (χ4n) is 2.19. The highest BCUT2D eigenvalue weighted by atomic mass is 16.6. The molecule has 6 heteroatoms. The smallest absolute Gasteiger partial charge is 0.310 e. The Hall–Kier alpha value is -1.66. The van der Waals surface area contributed by atoms with E-state index in [9.17, 15) is 10.1 Å². The molecule has 1 aliphatic rings. The molecule has 0 saturated carbocycles. The van der Waals surface area contributed by atoms with E-state index in [-0.39, 0.29) is 5.69 Å². The van der Waals surface area contributed by atoms with Crippen LogP contribution < -0.4 is 10.5 Å². The number of nitro groups is 1. The van der Waals surface area contributed by atoms with Crippen molar-refractivity contribution in [1.82, 2.24) is 4.90 Å². The Morgan fingerprint density at radius 3 is 2.74 bits per heavy atom. The molecule has 0 amide bonds. The first-order valence-electron chi connectivity index (χ1n) is 6.51. The van der Waals surface area contributed by atoms with Gasteiger partial charge in [-0.3, -0.25) is 15.0 Å². The van der Waals surface area contributed by atoms with Crippen molar-refractivity contribution in [2.75, 3.05) is 26.2 Å². The lowest BCUT2D eigenvalue weighted by atomic mass is 10.1. The van der Waals surface area contributed by atoms with Gasteiger partial charge in [-0.2, -0.15) is 0 Å². The monoisotopic (exact) mass is 265 g/mol. The second-order valence-electron chi connectivity index (χ2n) is 4.75. The highest BCUT2D eigenvalue weighted by Gasteiger charge is 2.17. The van der Waals surface area contributed by atoms with Crippen molar-refractivity contribution < 1.29 is 9.66 Å². The van der Waals surface area contributed by atoms with Gasteiger partial charge in [0.1, 0.15) is 6.61 Å². The molecule has 1 saturated heterocycles. The van der Waals surface area contributed by atoms with Crippen LogP contribution in [0.5, 0.6) is 5.75 Å². The lowest BCUT2D eigenvalue weighted by Crippen LogP contribution is -2.41. The summed E-state index contributed by atoms with van der Waals surface area (Å²) in [5.74, 6) is 0.334. The quantitative estimate of drug-likeness (QED) is 0.642. The maximum atomic E-state index is 10.8. The van der Waals surface area contributed by atoms with Crippen molar-refractivity contribution in [1.29, 1.82) is 0 Å². The summed E-state index contributed by atoms with van der Waals surface area (Å²) in [6.45, 7) is 3.18. The molecule has 0 spiro atoms. The van der Waals surface area contributed by atoms with E-state index in [1.54, 1.807) is 18.2 Å². The summed E-state index contributed by atoms with van der Waals surface area (Å²) in [4.78, 5) is 12.7. The van der Waals surface area contributed by atoms with Gasteiger partial charge in [-0.25, -0.2) is 0 Å². The van der Waals surface area contributed by atoms with Gasteiger partial charge in [-0.1, -0.05) is 12.1 Å². The van der Waals surface area contributed by atoms with E-state index in [0.29, 0.717) is 18.4 Å². The normalized spacial score (nSPS) is 17.3. The molecule has 2 rings (SSSR count). The third-order valence-corrected chi connectivity index (χ3v) is 3.36. The number of hydrogen-bond acceptors (Lipinski definition) is 5. The van der Waals surface area contributed by atoms with Gasteiger partial charge in [0.25, 0.3) is 0 Å². The van der Waals surface area contributed by atoms with Crippen LogP contribution in [0, 0.1) is 10.1 Å². The van der Waals surface area contributed by atoms with Crippen molar-refractivity contribution in [3.63, 3.8) is 0 Å². The molecular weight excluding hydrogens is 246 g/mol. The molecule has 0 bridgehead atoms. The summed E-state index contributed by atoms with van der Waals surface area (Å²) < 4.78 is 5.51. The van der Waals surface area contributed by atoms with E-state index in [1.165, 1.54) is 6.07 Å². The predicted molar refractivity (Wildman–Crippen MR) is 72.2 cm³/mol. The predicted octanol–water partition coefficient (Wildman–Crippen LogP) is 1.40. The molecule has 1 heterocycles. The molecule has 1 aromatic carbocycles. The van der Waals surface area contributed by atoms with E-state index in [1.807, 2.05) is 0 Å². The average molecular weight is 265 g/mol. The van der Waals surface area contributed by atoms with Crippen LogP contribution in [0.15, 0.2) is 24.3 Å². The molecule has 6 nitrogen and oxygen atoms in total. The van der Waals surface area contributed by atoms with E-state index in [2.05, 4.69) is 4.90 Å². The highest BCUT2D eigenvalue weighted by molar-refractivity contribution is 5.45. The highest BCUT2D eigenvalue weighted by Crippen LogP contribution is 2.25. The molecule has 0 radical (unpaired) electrons. The topological polar surface area (TPSA) is 81.6 Å². The molecule has 0 aromatic heterocycles. The number of para-hydroxylation sites is 2. The maximum absolute atomic E-state index is 10.8. The third-order valence-electron chi connectivity index (χ3n) is 3.36. The van der Waals surface area contributed by atoms with Gasteiger partial charge in [0.05, 0.1) is 4.92 Å². The summed E-state index contributed by atoms with van der Waals surface area (Å²) in [6, 6.07) is 6.77. The maximum Gasteiger partial charge on any atom is 0.310 e. The standard InChI is InChI=1S/C13H19N3O3/c14-11-5-7-15(8-6-11)9-10-19-13-4-2-1-3-12(13)16(17)18/h1-4,11H,5-10,14H2.